The molecule has 5 aromatic rings. The number of nitrogens with zero attached hydrogens (tertiary/aromatic N) is 1. The number of amides is 1. The molecular weight excluding hydrogens is 668 g/mol. The molecule has 0 fully saturated rings. The minimum absolute atomic E-state index is 0.0464. The number of esters is 3. The molecule has 0 bridgehead atoms. The first-order chi connectivity index (χ1) is 24.7. The minimum Gasteiger partial charge on any atom is -0.464 e. The van der Waals surface area contributed by atoms with Crippen molar-refractivity contribution in [1.29, 1.82) is 0 Å². The van der Waals surface area contributed by atoms with Crippen molar-refractivity contribution in [2.75, 3.05) is 18.1 Å². The van der Waals surface area contributed by atoms with E-state index in [4.69, 9.17) is 25.8 Å². The molecule has 10 heteroatoms. The quantitative estimate of drug-likeness (QED) is 0.0763. The zero-order chi connectivity index (χ0) is 35.9. The van der Waals surface area contributed by atoms with Crippen LogP contribution < -0.4 is 10.2 Å². The van der Waals surface area contributed by atoms with Gasteiger partial charge < -0.3 is 19.1 Å². The van der Waals surface area contributed by atoms with Gasteiger partial charge in [-0.05, 0) is 71.7 Å². The third-order valence-electron chi connectivity index (χ3n) is 9.74. The van der Waals surface area contributed by atoms with Gasteiger partial charge in [-0.1, -0.05) is 96.5 Å². The van der Waals surface area contributed by atoms with Crippen LogP contribution >= 0.6 is 11.6 Å². The summed E-state index contributed by atoms with van der Waals surface area (Å²) < 4.78 is 17.1. The van der Waals surface area contributed by atoms with E-state index in [0.717, 1.165) is 27.1 Å². The third-order valence-corrected chi connectivity index (χ3v) is 10.1. The van der Waals surface area contributed by atoms with E-state index in [0.29, 0.717) is 21.8 Å². The Hall–Kier alpha value is -5.51. The normalized spacial score (nSPS) is 17.6. The van der Waals surface area contributed by atoms with Crippen LogP contribution in [0.2, 0.25) is 5.02 Å². The Morgan fingerprint density at radius 1 is 0.765 bits per heavy atom. The molecule has 1 atom stereocenters. The van der Waals surface area contributed by atoms with Gasteiger partial charge in [-0.3, -0.25) is 10.1 Å². The molecule has 0 saturated carbocycles. The van der Waals surface area contributed by atoms with E-state index in [2.05, 4.69) is 11.4 Å². The van der Waals surface area contributed by atoms with Crippen molar-refractivity contribution in [3.05, 3.63) is 136 Å². The number of nitrogens with one attached hydrogen (secondary N) is 1. The van der Waals surface area contributed by atoms with Gasteiger partial charge in [0.25, 0.3) is 5.91 Å². The molecule has 1 amide bonds. The van der Waals surface area contributed by atoms with Crippen molar-refractivity contribution in [3.63, 3.8) is 0 Å². The topological polar surface area (TPSA) is 111 Å². The molecule has 1 spiro atoms. The van der Waals surface area contributed by atoms with Gasteiger partial charge >= 0.3 is 17.9 Å². The van der Waals surface area contributed by atoms with Crippen LogP contribution in [0.3, 0.4) is 0 Å². The van der Waals surface area contributed by atoms with E-state index in [9.17, 15) is 14.4 Å². The molecule has 0 saturated heterocycles. The van der Waals surface area contributed by atoms with Crippen LogP contribution in [0.15, 0.2) is 114 Å². The number of halogens is 1. The number of anilines is 1. The maximum Gasteiger partial charge on any atom is 0.342 e. The van der Waals surface area contributed by atoms with Crippen LogP contribution in [0, 0.1) is 0 Å². The molecule has 0 aliphatic carbocycles. The molecule has 258 valence electrons. The number of fused-ring (bicyclic) bond motifs is 4. The summed E-state index contributed by atoms with van der Waals surface area (Å²) in [4.78, 5) is 59.4. The van der Waals surface area contributed by atoms with Gasteiger partial charge in [0, 0.05) is 16.1 Å². The molecule has 2 heterocycles. The van der Waals surface area contributed by atoms with Crippen LogP contribution in [0.25, 0.3) is 21.5 Å². The summed E-state index contributed by atoms with van der Waals surface area (Å²) in [5.74, 6) is -3.48. The SMILES string of the molecule is CCOC(=O)C1(C(=O)OCC)N[C@@]2(C(=O)N(Cc3ccccc3Cl)c3ccccc32)C(C(=O)OCc2c3ccccc3cc3ccccc23)=C1C. The van der Waals surface area contributed by atoms with Gasteiger partial charge in [-0.2, -0.15) is 0 Å². The van der Waals surface area contributed by atoms with Gasteiger partial charge in [0.1, 0.15) is 6.61 Å². The second kappa shape index (κ2) is 13.3. The summed E-state index contributed by atoms with van der Waals surface area (Å²) >= 11 is 6.55. The number of carbonyl (C=O) groups excluding carboxylic acids is 4. The maximum atomic E-state index is 15.1. The number of hydrogen-bond donors (Lipinski definition) is 1. The van der Waals surface area contributed by atoms with Crippen LogP contribution in [0.5, 0.6) is 0 Å². The van der Waals surface area contributed by atoms with E-state index in [-0.39, 0.29) is 37.5 Å². The van der Waals surface area contributed by atoms with E-state index >= 15 is 4.79 Å². The van der Waals surface area contributed by atoms with E-state index in [1.165, 1.54) is 11.8 Å². The maximum absolute atomic E-state index is 15.1. The van der Waals surface area contributed by atoms with Crippen molar-refractivity contribution in [2.45, 2.75) is 45.0 Å². The predicted molar refractivity (Wildman–Crippen MR) is 194 cm³/mol. The third kappa shape index (κ3) is 5.27. The summed E-state index contributed by atoms with van der Waals surface area (Å²) in [5, 5.41) is 7.26. The van der Waals surface area contributed by atoms with Crippen molar-refractivity contribution in [3.8, 4) is 0 Å². The molecule has 0 aromatic heterocycles. The van der Waals surface area contributed by atoms with Crippen LogP contribution in [0.1, 0.15) is 37.5 Å². The van der Waals surface area contributed by atoms with Crippen LogP contribution in [-0.4, -0.2) is 42.6 Å². The van der Waals surface area contributed by atoms with Crippen LogP contribution in [0.4, 0.5) is 5.69 Å². The fraction of sp³-hybridized carbons (Fsp3) is 0.220. The molecule has 7 rings (SSSR count). The molecule has 9 nitrogen and oxygen atoms in total. The number of benzene rings is 5. The smallest absolute Gasteiger partial charge is 0.342 e. The molecule has 1 N–H and O–H groups in total. The molecule has 51 heavy (non-hydrogen) atoms. The molecule has 0 radical (unpaired) electrons. The molecule has 5 aromatic carbocycles. The van der Waals surface area contributed by atoms with Gasteiger partial charge in [0.2, 0.25) is 5.54 Å². The number of hydrogen-bond acceptors (Lipinski definition) is 8. The average Bonchev–Trinajstić information content (AvgIpc) is 3.55. The number of carbonyl (C=O) groups is 4. The Bertz CT molecular complexity index is 2210. The molecule has 0 unspecified atom stereocenters. The van der Waals surface area contributed by atoms with E-state index in [1.54, 1.807) is 56.3 Å². The fourth-order valence-electron chi connectivity index (χ4n) is 7.43. The first kappa shape index (κ1) is 34.0. The monoisotopic (exact) mass is 702 g/mol. The lowest BCUT2D eigenvalue weighted by atomic mass is 9.83. The molecular formula is C41H35ClN2O7. The number of para-hydroxylation sites is 1. The Morgan fingerprint density at radius 3 is 1.96 bits per heavy atom. The largest absolute Gasteiger partial charge is 0.464 e. The standard InChI is InChI=1S/C41H35ClN2O7/c1-4-49-38(47)40(39(48)50-5-2)25(3)35(36(45)51-24-31-29-17-9-6-14-26(29)22-27-15-7-10-18-30(27)31)41(43-40)32-19-11-13-21-34(32)44(37(41)46)23-28-16-8-12-20-33(28)42/h6-22,43H,4-5,23-24H2,1-3H3/t41-/m1/s1. The van der Waals surface area contributed by atoms with Gasteiger partial charge in [-0.15, -0.1) is 0 Å². The molecule has 2 aliphatic heterocycles. The van der Waals surface area contributed by atoms with Gasteiger partial charge in [-0.25, -0.2) is 14.4 Å². The lowest BCUT2D eigenvalue weighted by Crippen LogP contribution is -2.64. The Kier molecular flexibility index (Phi) is 8.87. The lowest BCUT2D eigenvalue weighted by molar-refractivity contribution is -0.164. The summed E-state index contributed by atoms with van der Waals surface area (Å²) in [7, 11) is 0. The second-order valence-corrected chi connectivity index (χ2v) is 12.8. The van der Waals surface area contributed by atoms with E-state index in [1.807, 2.05) is 54.6 Å². The summed E-state index contributed by atoms with van der Waals surface area (Å²) in [5.41, 5.74) is -2.34. The van der Waals surface area contributed by atoms with Crippen molar-refractivity contribution in [1.82, 2.24) is 5.32 Å². The fourth-order valence-corrected chi connectivity index (χ4v) is 7.62. The zero-order valence-corrected chi connectivity index (χ0v) is 29.1. The highest BCUT2D eigenvalue weighted by Crippen LogP contribution is 2.53. The molecule has 2 aliphatic rings. The first-order valence-corrected chi connectivity index (χ1v) is 17.1. The predicted octanol–water partition coefficient (Wildman–Crippen LogP) is 6.92. The van der Waals surface area contributed by atoms with E-state index < -0.39 is 34.9 Å². The van der Waals surface area contributed by atoms with Crippen molar-refractivity contribution >= 4 is 62.6 Å². The highest BCUT2D eigenvalue weighted by molar-refractivity contribution is 6.31. The highest BCUT2D eigenvalue weighted by Gasteiger charge is 2.70. The van der Waals surface area contributed by atoms with Crippen molar-refractivity contribution in [2.24, 2.45) is 0 Å². The minimum atomic E-state index is -2.34. The number of rotatable bonds is 9. The number of ether oxygens (including phenoxy) is 3. The average molecular weight is 703 g/mol. The van der Waals surface area contributed by atoms with Gasteiger partial charge in [0.05, 0.1) is 31.0 Å². The summed E-state index contributed by atoms with van der Waals surface area (Å²) in [6.07, 6.45) is 0. The van der Waals surface area contributed by atoms with Crippen LogP contribution in [-0.2, 0) is 52.1 Å². The van der Waals surface area contributed by atoms with Crippen molar-refractivity contribution < 1.29 is 33.4 Å². The first-order valence-electron chi connectivity index (χ1n) is 16.8. The second-order valence-electron chi connectivity index (χ2n) is 12.4. The Labute approximate surface area is 299 Å². The zero-order valence-electron chi connectivity index (χ0n) is 28.3. The Morgan fingerprint density at radius 2 is 1.33 bits per heavy atom. The van der Waals surface area contributed by atoms with Gasteiger partial charge in [0.15, 0.2) is 5.54 Å². The lowest BCUT2D eigenvalue weighted by Gasteiger charge is -2.32. The Balaban J connectivity index is 1.40. The summed E-state index contributed by atoms with van der Waals surface area (Å²) in [6.45, 7) is 4.42. The highest BCUT2D eigenvalue weighted by atomic mass is 35.5. The summed E-state index contributed by atoms with van der Waals surface area (Å²) in [6, 6.07) is 31.8.